The summed E-state index contributed by atoms with van der Waals surface area (Å²) in [7, 11) is -2.03. The Morgan fingerprint density at radius 2 is 1.94 bits per heavy atom. The van der Waals surface area contributed by atoms with Gasteiger partial charge < -0.3 is 14.3 Å². The summed E-state index contributed by atoms with van der Waals surface area (Å²) in [6.45, 7) is 20.5. The van der Waals surface area contributed by atoms with Crippen molar-refractivity contribution in [2.45, 2.75) is 76.0 Å². The summed E-state index contributed by atoms with van der Waals surface area (Å²) in [5, 5.41) is 11.6. The van der Waals surface area contributed by atoms with Crippen molar-refractivity contribution in [1.29, 1.82) is 0 Å². The maximum absolute atomic E-state index is 14.0. The van der Waals surface area contributed by atoms with E-state index < -0.39 is 37.5 Å². The summed E-state index contributed by atoms with van der Waals surface area (Å²) in [5.74, 6) is -2.18. The Morgan fingerprint density at radius 1 is 1.25 bits per heavy atom. The number of fused-ring (bicyclic) bond motifs is 6. The van der Waals surface area contributed by atoms with E-state index in [9.17, 15) is 14.7 Å². The number of anilines is 1. The normalized spacial score (nSPS) is 31.8. The molecule has 1 N–H and O–H groups in total. The highest BCUT2D eigenvalue weighted by molar-refractivity contribution is 6.74. The first kappa shape index (κ1) is 25.0. The molecule has 190 valence electrons. The van der Waals surface area contributed by atoms with Gasteiger partial charge in [0.25, 0.3) is 0 Å². The molecule has 36 heavy (non-hydrogen) atoms. The highest BCUT2D eigenvalue weighted by atomic mass is 28.4. The van der Waals surface area contributed by atoms with Crippen molar-refractivity contribution in [1.82, 2.24) is 4.98 Å². The van der Waals surface area contributed by atoms with Gasteiger partial charge in [-0.15, -0.1) is 0 Å². The number of imide groups is 1. The molecule has 4 heterocycles. The second-order valence-corrected chi connectivity index (χ2v) is 16.8. The first-order chi connectivity index (χ1) is 16.8. The van der Waals surface area contributed by atoms with E-state index in [0.29, 0.717) is 35.3 Å². The number of hydrogen-bond acceptors (Lipinski definition) is 6. The molecule has 5 atom stereocenters. The number of pyridine rings is 1. The lowest BCUT2D eigenvalue weighted by Gasteiger charge is -2.38. The van der Waals surface area contributed by atoms with Crippen molar-refractivity contribution in [2.75, 3.05) is 11.5 Å². The smallest absolute Gasteiger partial charge is 0.240 e. The van der Waals surface area contributed by atoms with Crippen LogP contribution in [0.2, 0.25) is 18.1 Å². The number of carbonyl (C=O) groups excluding carboxylic acids is 2. The molecule has 2 aromatic rings. The molecule has 2 unspecified atom stereocenters. The van der Waals surface area contributed by atoms with E-state index in [1.807, 2.05) is 0 Å². The first-order valence-corrected chi connectivity index (χ1v) is 15.3. The zero-order valence-electron chi connectivity index (χ0n) is 21.7. The monoisotopic (exact) mass is 507 g/mol. The lowest BCUT2D eigenvalue weighted by Crippen LogP contribution is -2.50. The molecule has 0 radical (unpaired) electrons. The SMILES string of the molecule is [C-]#[N+]c1ccc(N2C(=O)[C@@H]3[C@H](C2=O)C2(C)OC3(CCO[Si](C)(C)C(C)(C)C)C[C@H]2O)c2cccnc12. The minimum Gasteiger partial charge on any atom is -0.417 e. The van der Waals surface area contributed by atoms with Gasteiger partial charge in [0.15, 0.2) is 8.32 Å². The van der Waals surface area contributed by atoms with Gasteiger partial charge in [-0.2, -0.15) is 0 Å². The third kappa shape index (κ3) is 3.32. The molecule has 3 fully saturated rings. The van der Waals surface area contributed by atoms with Gasteiger partial charge in [-0.05, 0) is 43.6 Å². The van der Waals surface area contributed by atoms with Crippen LogP contribution in [0.4, 0.5) is 11.4 Å². The predicted molar refractivity (Wildman–Crippen MR) is 138 cm³/mol. The van der Waals surface area contributed by atoms with Gasteiger partial charge in [-0.3, -0.25) is 14.6 Å². The predicted octanol–water partition coefficient (Wildman–Crippen LogP) is 4.60. The number of aliphatic hydroxyl groups excluding tert-OH is 1. The molecule has 0 spiro atoms. The number of amides is 2. The van der Waals surface area contributed by atoms with Crippen LogP contribution in [-0.4, -0.2) is 54.1 Å². The van der Waals surface area contributed by atoms with Gasteiger partial charge in [0.05, 0.1) is 41.3 Å². The molecule has 3 aliphatic rings. The van der Waals surface area contributed by atoms with Gasteiger partial charge in [0.2, 0.25) is 17.5 Å². The largest absolute Gasteiger partial charge is 0.417 e. The molecule has 5 rings (SSSR count). The molecule has 2 bridgehead atoms. The fourth-order valence-electron chi connectivity index (χ4n) is 5.98. The second-order valence-electron chi connectivity index (χ2n) is 12.0. The Morgan fingerprint density at radius 3 is 2.61 bits per heavy atom. The number of carbonyl (C=O) groups is 2. The summed E-state index contributed by atoms with van der Waals surface area (Å²) in [5.41, 5.74) is -0.884. The molecule has 9 heteroatoms. The van der Waals surface area contributed by atoms with Crippen LogP contribution in [0.5, 0.6) is 0 Å². The van der Waals surface area contributed by atoms with Crippen LogP contribution in [0.1, 0.15) is 40.5 Å². The van der Waals surface area contributed by atoms with E-state index in [2.05, 4.69) is 43.7 Å². The van der Waals surface area contributed by atoms with Crippen molar-refractivity contribution >= 4 is 42.4 Å². The Kier molecular flexibility index (Phi) is 5.51. The standard InChI is InChI=1S/C27H33N3O5Si/c1-25(2,3)36(6,7)34-14-12-27-15-19(31)26(4,35-27)20-21(27)24(33)30(23(20)32)18-11-10-17(28-5)22-16(18)9-8-13-29-22/h8-11,13,19-21,31H,12,14-15H2,1-4,6-7H3/t19-,20-,21+,26?,27?/m1/s1. The molecule has 3 aliphatic heterocycles. The summed E-state index contributed by atoms with van der Waals surface area (Å²) in [4.78, 5) is 36.9. The van der Waals surface area contributed by atoms with Crippen molar-refractivity contribution in [3.05, 3.63) is 41.9 Å². The van der Waals surface area contributed by atoms with Gasteiger partial charge in [-0.25, -0.2) is 9.74 Å². The highest BCUT2D eigenvalue weighted by Gasteiger charge is 2.77. The van der Waals surface area contributed by atoms with E-state index in [-0.39, 0.29) is 23.3 Å². The van der Waals surface area contributed by atoms with Crippen molar-refractivity contribution in [2.24, 2.45) is 11.8 Å². The van der Waals surface area contributed by atoms with Crippen molar-refractivity contribution in [3.63, 3.8) is 0 Å². The molecule has 2 amide bonds. The average molecular weight is 508 g/mol. The fraction of sp³-hybridized carbons (Fsp3) is 0.556. The molecule has 8 nitrogen and oxygen atoms in total. The van der Waals surface area contributed by atoms with Crippen LogP contribution < -0.4 is 4.90 Å². The van der Waals surface area contributed by atoms with E-state index in [4.69, 9.17) is 15.7 Å². The number of hydrogen-bond donors (Lipinski definition) is 1. The Hall–Kier alpha value is -2.64. The maximum Gasteiger partial charge on any atom is 0.240 e. The van der Waals surface area contributed by atoms with Gasteiger partial charge in [0, 0.05) is 24.6 Å². The van der Waals surface area contributed by atoms with E-state index in [1.165, 1.54) is 4.90 Å². The van der Waals surface area contributed by atoms with Crippen LogP contribution in [0.15, 0.2) is 30.5 Å². The minimum absolute atomic E-state index is 0.0377. The number of aromatic nitrogens is 1. The Labute approximate surface area is 212 Å². The van der Waals surface area contributed by atoms with E-state index in [1.54, 1.807) is 37.4 Å². The van der Waals surface area contributed by atoms with E-state index in [0.717, 1.165) is 0 Å². The third-order valence-corrected chi connectivity index (χ3v) is 13.5. The van der Waals surface area contributed by atoms with Gasteiger partial charge in [-0.1, -0.05) is 32.9 Å². The lowest BCUT2D eigenvalue weighted by molar-refractivity contribution is -0.134. The molecular formula is C27H33N3O5Si. The van der Waals surface area contributed by atoms with Crippen molar-refractivity contribution < 1.29 is 23.9 Å². The zero-order chi connectivity index (χ0) is 26.3. The van der Waals surface area contributed by atoms with E-state index >= 15 is 0 Å². The Bertz CT molecular complexity index is 1310. The Balaban J connectivity index is 1.52. The minimum atomic E-state index is -2.03. The van der Waals surface area contributed by atoms with Crippen LogP contribution in [0, 0.1) is 18.4 Å². The summed E-state index contributed by atoms with van der Waals surface area (Å²) >= 11 is 0. The summed E-state index contributed by atoms with van der Waals surface area (Å²) < 4.78 is 12.8. The molecule has 1 aromatic carbocycles. The van der Waals surface area contributed by atoms with Crippen LogP contribution in [0.25, 0.3) is 15.7 Å². The second kappa shape index (κ2) is 7.93. The lowest BCUT2D eigenvalue weighted by atomic mass is 9.66. The molecule has 3 saturated heterocycles. The fourth-order valence-corrected chi connectivity index (χ4v) is 7.03. The summed E-state index contributed by atoms with van der Waals surface area (Å²) in [6, 6.07) is 6.73. The molecule has 0 aliphatic carbocycles. The number of benzene rings is 1. The quantitative estimate of drug-likeness (QED) is 0.361. The average Bonchev–Trinajstić information content (AvgIpc) is 3.33. The highest BCUT2D eigenvalue weighted by Crippen LogP contribution is 2.62. The molecule has 0 saturated carbocycles. The van der Waals surface area contributed by atoms with Gasteiger partial charge in [0.1, 0.15) is 5.60 Å². The number of rotatable bonds is 5. The third-order valence-electron chi connectivity index (χ3n) is 9.00. The molecular weight excluding hydrogens is 474 g/mol. The van der Waals surface area contributed by atoms with Gasteiger partial charge >= 0.3 is 0 Å². The summed E-state index contributed by atoms with van der Waals surface area (Å²) in [6.07, 6.45) is 1.45. The van der Waals surface area contributed by atoms with Crippen LogP contribution >= 0.6 is 0 Å². The molecule has 1 aromatic heterocycles. The van der Waals surface area contributed by atoms with Crippen LogP contribution in [-0.2, 0) is 18.8 Å². The zero-order valence-corrected chi connectivity index (χ0v) is 22.7. The number of ether oxygens (including phenoxy) is 1. The first-order valence-electron chi connectivity index (χ1n) is 12.4. The topological polar surface area (TPSA) is 93.3 Å². The van der Waals surface area contributed by atoms with Crippen LogP contribution in [0.3, 0.4) is 0 Å². The number of aliphatic hydroxyl groups is 1. The maximum atomic E-state index is 14.0. The number of nitrogens with zero attached hydrogens (tertiary/aromatic N) is 3. The van der Waals surface area contributed by atoms with Crippen molar-refractivity contribution in [3.8, 4) is 0 Å².